The van der Waals surface area contributed by atoms with Crippen LogP contribution in [0.25, 0.3) is 0 Å². The molecule has 4 nitrogen and oxygen atoms in total. The molecule has 1 saturated carbocycles. The van der Waals surface area contributed by atoms with Gasteiger partial charge in [-0.25, -0.2) is 0 Å². The van der Waals surface area contributed by atoms with Gasteiger partial charge >= 0.3 is 5.97 Å². The first kappa shape index (κ1) is 10.5. The van der Waals surface area contributed by atoms with Crippen LogP contribution in [0.3, 0.4) is 0 Å². The molecule has 1 amide bonds. The molecule has 0 bridgehead atoms. The van der Waals surface area contributed by atoms with Gasteiger partial charge in [0.25, 0.3) is 0 Å². The van der Waals surface area contributed by atoms with Crippen molar-refractivity contribution in [2.24, 2.45) is 11.8 Å². The van der Waals surface area contributed by atoms with E-state index in [0.717, 1.165) is 32.2 Å². The minimum atomic E-state index is -0.685. The summed E-state index contributed by atoms with van der Waals surface area (Å²) >= 11 is 0. The quantitative estimate of drug-likeness (QED) is 0.706. The highest BCUT2D eigenvalue weighted by Crippen LogP contribution is 2.40. The standard InChI is InChI=1S/C11H17NO3/c1-7(13)12-6-5-8-9(11(14)15)3-2-4-10(8)12/h8-10H,2-6H2,1H3,(H,14,15)/t8-,9+,10+/m0/s1. The van der Waals surface area contributed by atoms with Crippen LogP contribution >= 0.6 is 0 Å². The number of carboxylic acid groups (broad SMARTS) is 1. The maximum absolute atomic E-state index is 11.4. The van der Waals surface area contributed by atoms with Crippen LogP contribution in [-0.2, 0) is 9.59 Å². The number of hydrogen-bond donors (Lipinski definition) is 1. The van der Waals surface area contributed by atoms with Crippen molar-refractivity contribution in [2.75, 3.05) is 6.54 Å². The lowest BCUT2D eigenvalue weighted by molar-refractivity contribution is -0.146. The number of carbonyl (C=O) groups excluding carboxylic acids is 1. The molecular weight excluding hydrogens is 194 g/mol. The number of carboxylic acids is 1. The zero-order valence-corrected chi connectivity index (χ0v) is 8.98. The van der Waals surface area contributed by atoms with Crippen LogP contribution in [0.15, 0.2) is 0 Å². The molecule has 0 spiro atoms. The molecule has 84 valence electrons. The highest BCUT2D eigenvalue weighted by molar-refractivity contribution is 5.75. The molecular formula is C11H17NO3. The number of fused-ring (bicyclic) bond motifs is 1. The van der Waals surface area contributed by atoms with Crippen molar-refractivity contribution in [1.82, 2.24) is 4.90 Å². The zero-order valence-electron chi connectivity index (χ0n) is 8.98. The molecule has 0 unspecified atom stereocenters. The van der Waals surface area contributed by atoms with Gasteiger partial charge in [0.05, 0.1) is 5.92 Å². The van der Waals surface area contributed by atoms with E-state index in [1.54, 1.807) is 6.92 Å². The van der Waals surface area contributed by atoms with Gasteiger partial charge in [0, 0.05) is 19.5 Å². The fourth-order valence-electron chi connectivity index (χ4n) is 3.18. The van der Waals surface area contributed by atoms with E-state index in [1.165, 1.54) is 0 Å². The second kappa shape index (κ2) is 3.83. The number of likely N-dealkylation sites (tertiary alicyclic amines) is 1. The topological polar surface area (TPSA) is 57.6 Å². The minimum Gasteiger partial charge on any atom is -0.481 e. The van der Waals surface area contributed by atoms with E-state index in [4.69, 9.17) is 5.11 Å². The fraction of sp³-hybridized carbons (Fsp3) is 0.818. The number of amides is 1. The number of nitrogens with zero attached hydrogens (tertiary/aromatic N) is 1. The van der Waals surface area contributed by atoms with Gasteiger partial charge in [0.15, 0.2) is 0 Å². The molecule has 2 fully saturated rings. The Morgan fingerprint density at radius 2 is 2.00 bits per heavy atom. The fourth-order valence-corrected chi connectivity index (χ4v) is 3.18. The second-order valence-corrected chi connectivity index (χ2v) is 4.61. The number of carbonyl (C=O) groups is 2. The molecule has 0 aromatic rings. The van der Waals surface area contributed by atoms with Gasteiger partial charge in [-0.15, -0.1) is 0 Å². The smallest absolute Gasteiger partial charge is 0.306 e. The van der Waals surface area contributed by atoms with Crippen LogP contribution in [0.5, 0.6) is 0 Å². The van der Waals surface area contributed by atoms with E-state index < -0.39 is 5.97 Å². The number of rotatable bonds is 1. The summed E-state index contributed by atoms with van der Waals surface area (Å²) in [6.45, 7) is 2.32. The molecule has 2 rings (SSSR count). The van der Waals surface area contributed by atoms with Crippen molar-refractivity contribution >= 4 is 11.9 Å². The third-order valence-electron chi connectivity index (χ3n) is 3.85. The molecule has 0 aromatic carbocycles. The van der Waals surface area contributed by atoms with E-state index in [1.807, 2.05) is 4.90 Å². The summed E-state index contributed by atoms with van der Waals surface area (Å²) in [6, 6.07) is 0.192. The molecule has 1 N–H and O–H groups in total. The van der Waals surface area contributed by atoms with Crippen LogP contribution in [0.2, 0.25) is 0 Å². The molecule has 1 aliphatic carbocycles. The monoisotopic (exact) mass is 211 g/mol. The Labute approximate surface area is 89.3 Å². The molecule has 3 atom stereocenters. The lowest BCUT2D eigenvalue weighted by Crippen LogP contribution is -2.42. The summed E-state index contributed by atoms with van der Waals surface area (Å²) in [5.74, 6) is -0.628. The lowest BCUT2D eigenvalue weighted by atomic mass is 9.76. The summed E-state index contributed by atoms with van der Waals surface area (Å²) in [4.78, 5) is 24.3. The normalized spacial score (nSPS) is 35.0. The maximum atomic E-state index is 11.4. The largest absolute Gasteiger partial charge is 0.481 e. The third kappa shape index (κ3) is 1.73. The second-order valence-electron chi connectivity index (χ2n) is 4.61. The Morgan fingerprint density at radius 3 is 2.60 bits per heavy atom. The van der Waals surface area contributed by atoms with Crippen molar-refractivity contribution in [3.05, 3.63) is 0 Å². The Bertz CT molecular complexity index is 290. The van der Waals surface area contributed by atoms with E-state index in [2.05, 4.69) is 0 Å². The number of hydrogen-bond acceptors (Lipinski definition) is 2. The predicted octanol–water partition coefficient (Wildman–Crippen LogP) is 1.11. The van der Waals surface area contributed by atoms with Gasteiger partial charge in [0.1, 0.15) is 0 Å². The van der Waals surface area contributed by atoms with Crippen LogP contribution in [0.4, 0.5) is 0 Å². The average molecular weight is 211 g/mol. The Morgan fingerprint density at radius 1 is 1.27 bits per heavy atom. The molecule has 1 aliphatic heterocycles. The van der Waals surface area contributed by atoms with Crippen molar-refractivity contribution in [1.29, 1.82) is 0 Å². The molecule has 4 heteroatoms. The van der Waals surface area contributed by atoms with Gasteiger partial charge in [-0.05, 0) is 25.2 Å². The Balaban J connectivity index is 2.14. The van der Waals surface area contributed by atoms with Gasteiger partial charge in [0.2, 0.25) is 5.91 Å². The Kier molecular flexibility index (Phi) is 2.67. The van der Waals surface area contributed by atoms with Gasteiger partial charge < -0.3 is 10.0 Å². The first-order chi connectivity index (χ1) is 7.11. The van der Waals surface area contributed by atoms with E-state index in [0.29, 0.717) is 0 Å². The van der Waals surface area contributed by atoms with Crippen molar-refractivity contribution < 1.29 is 14.7 Å². The van der Waals surface area contributed by atoms with Crippen LogP contribution in [-0.4, -0.2) is 34.5 Å². The van der Waals surface area contributed by atoms with E-state index in [9.17, 15) is 9.59 Å². The summed E-state index contributed by atoms with van der Waals surface area (Å²) < 4.78 is 0. The molecule has 0 radical (unpaired) electrons. The van der Waals surface area contributed by atoms with Crippen LogP contribution < -0.4 is 0 Å². The van der Waals surface area contributed by atoms with E-state index >= 15 is 0 Å². The van der Waals surface area contributed by atoms with Gasteiger partial charge in [-0.2, -0.15) is 0 Å². The molecule has 1 saturated heterocycles. The predicted molar refractivity (Wildman–Crippen MR) is 54.3 cm³/mol. The molecule has 0 aromatic heterocycles. The Hall–Kier alpha value is -1.06. The summed E-state index contributed by atoms with van der Waals surface area (Å²) in [5.41, 5.74) is 0. The molecule has 15 heavy (non-hydrogen) atoms. The number of aliphatic carboxylic acids is 1. The summed E-state index contributed by atoms with van der Waals surface area (Å²) in [6.07, 6.45) is 3.55. The lowest BCUT2D eigenvalue weighted by Gasteiger charge is -2.34. The van der Waals surface area contributed by atoms with Crippen molar-refractivity contribution in [2.45, 2.75) is 38.6 Å². The maximum Gasteiger partial charge on any atom is 0.306 e. The summed E-state index contributed by atoms with van der Waals surface area (Å²) in [5, 5.41) is 9.11. The highest BCUT2D eigenvalue weighted by Gasteiger charge is 2.44. The van der Waals surface area contributed by atoms with Crippen molar-refractivity contribution in [3.63, 3.8) is 0 Å². The van der Waals surface area contributed by atoms with Gasteiger partial charge in [-0.3, -0.25) is 9.59 Å². The average Bonchev–Trinajstić information content (AvgIpc) is 2.59. The SMILES string of the molecule is CC(=O)N1CC[C@@H]2[C@H]1CCC[C@H]2C(=O)O. The minimum absolute atomic E-state index is 0.0912. The van der Waals surface area contributed by atoms with E-state index in [-0.39, 0.29) is 23.8 Å². The third-order valence-corrected chi connectivity index (χ3v) is 3.85. The van der Waals surface area contributed by atoms with Crippen LogP contribution in [0.1, 0.15) is 32.6 Å². The highest BCUT2D eigenvalue weighted by atomic mass is 16.4. The first-order valence-corrected chi connectivity index (χ1v) is 5.61. The van der Waals surface area contributed by atoms with Crippen molar-refractivity contribution in [3.8, 4) is 0 Å². The summed E-state index contributed by atoms with van der Waals surface area (Å²) in [7, 11) is 0. The van der Waals surface area contributed by atoms with Crippen LogP contribution in [0, 0.1) is 11.8 Å². The van der Waals surface area contributed by atoms with Gasteiger partial charge in [-0.1, -0.05) is 6.42 Å². The molecule has 2 aliphatic rings. The molecule has 1 heterocycles. The first-order valence-electron chi connectivity index (χ1n) is 5.61. The zero-order chi connectivity index (χ0) is 11.0.